The molecule has 23 heavy (non-hydrogen) atoms. The van der Waals surface area contributed by atoms with Crippen molar-refractivity contribution in [1.82, 2.24) is 5.32 Å². The van der Waals surface area contributed by atoms with Crippen LogP contribution in [0, 0.1) is 5.92 Å². The van der Waals surface area contributed by atoms with Gasteiger partial charge in [0.15, 0.2) is 0 Å². The maximum Gasteiger partial charge on any atom is 0.313 e. The van der Waals surface area contributed by atoms with Gasteiger partial charge in [0.1, 0.15) is 12.4 Å². The first kappa shape index (κ1) is 17.1. The van der Waals surface area contributed by atoms with Crippen molar-refractivity contribution in [3.05, 3.63) is 36.9 Å². The van der Waals surface area contributed by atoms with Crippen LogP contribution in [-0.4, -0.2) is 24.5 Å². The summed E-state index contributed by atoms with van der Waals surface area (Å²) in [7, 11) is 0. The van der Waals surface area contributed by atoms with E-state index in [1.165, 1.54) is 6.42 Å². The molecule has 1 aromatic rings. The molecule has 1 aliphatic rings. The molecule has 1 aliphatic carbocycles. The van der Waals surface area contributed by atoms with Crippen molar-refractivity contribution >= 4 is 17.5 Å². The third-order valence-corrected chi connectivity index (χ3v) is 4.11. The van der Waals surface area contributed by atoms with Crippen molar-refractivity contribution in [1.29, 1.82) is 0 Å². The summed E-state index contributed by atoms with van der Waals surface area (Å²) in [6, 6.07) is 6.97. The summed E-state index contributed by atoms with van der Waals surface area (Å²) in [5, 5.41) is 5.44. The van der Waals surface area contributed by atoms with Crippen LogP contribution in [0.2, 0.25) is 0 Å². The molecule has 0 bridgehead atoms. The van der Waals surface area contributed by atoms with Gasteiger partial charge in [-0.3, -0.25) is 9.59 Å². The molecule has 124 valence electrons. The van der Waals surface area contributed by atoms with Gasteiger partial charge in [-0.25, -0.2) is 0 Å². The second-order valence-electron chi connectivity index (χ2n) is 5.92. The second-order valence-corrected chi connectivity index (χ2v) is 5.92. The highest BCUT2D eigenvalue weighted by Gasteiger charge is 2.25. The molecule has 0 saturated heterocycles. The van der Waals surface area contributed by atoms with Gasteiger partial charge in [0.05, 0.1) is 0 Å². The predicted molar refractivity (Wildman–Crippen MR) is 90.3 cm³/mol. The minimum atomic E-state index is -0.637. The second kappa shape index (κ2) is 8.36. The molecule has 2 atom stereocenters. The van der Waals surface area contributed by atoms with E-state index in [1.54, 1.807) is 30.3 Å². The Morgan fingerprint density at radius 3 is 2.57 bits per heavy atom. The van der Waals surface area contributed by atoms with E-state index < -0.39 is 11.8 Å². The van der Waals surface area contributed by atoms with Crippen LogP contribution >= 0.6 is 0 Å². The maximum absolute atomic E-state index is 12.0. The van der Waals surface area contributed by atoms with Gasteiger partial charge >= 0.3 is 11.8 Å². The highest BCUT2D eigenvalue weighted by atomic mass is 16.5. The normalized spacial score (nSPS) is 20.4. The van der Waals surface area contributed by atoms with Crippen LogP contribution in [0.15, 0.2) is 36.9 Å². The quantitative estimate of drug-likeness (QED) is 0.648. The van der Waals surface area contributed by atoms with Crippen LogP contribution in [0.3, 0.4) is 0 Å². The lowest BCUT2D eigenvalue weighted by Gasteiger charge is -2.29. The fourth-order valence-electron chi connectivity index (χ4n) is 2.74. The van der Waals surface area contributed by atoms with Gasteiger partial charge in [-0.2, -0.15) is 0 Å². The summed E-state index contributed by atoms with van der Waals surface area (Å²) < 4.78 is 5.36. The van der Waals surface area contributed by atoms with Gasteiger partial charge in [-0.05, 0) is 43.0 Å². The van der Waals surface area contributed by atoms with E-state index in [2.05, 4.69) is 24.1 Å². The highest BCUT2D eigenvalue weighted by Crippen LogP contribution is 2.23. The number of anilines is 1. The van der Waals surface area contributed by atoms with E-state index in [-0.39, 0.29) is 6.04 Å². The Bertz CT molecular complexity index is 554. The van der Waals surface area contributed by atoms with Crippen molar-refractivity contribution < 1.29 is 14.3 Å². The number of carbonyl (C=O) groups is 2. The lowest BCUT2D eigenvalue weighted by Crippen LogP contribution is -2.45. The Labute approximate surface area is 137 Å². The standard InChI is InChI=1S/C18H24N2O3/c1-3-12-23-15-10-8-14(9-11-15)19-17(21)18(22)20-16-7-5-4-6-13(16)2/h3,8-11,13,16H,1,4-7,12H2,2H3,(H,19,21)(H,20,22)/t13-,16-/m1/s1. The number of amides is 2. The fraction of sp³-hybridized carbons (Fsp3) is 0.444. The SMILES string of the molecule is C=CCOc1ccc(NC(=O)C(=O)N[C@@H]2CCCC[C@H]2C)cc1. The van der Waals surface area contributed by atoms with Crippen molar-refractivity contribution in [2.45, 2.75) is 38.6 Å². The topological polar surface area (TPSA) is 67.4 Å². The summed E-state index contributed by atoms with van der Waals surface area (Å²) in [5.74, 6) is -0.108. The molecule has 0 spiro atoms. The number of benzene rings is 1. The van der Waals surface area contributed by atoms with Crippen molar-refractivity contribution in [3.63, 3.8) is 0 Å². The Hall–Kier alpha value is -2.30. The smallest absolute Gasteiger partial charge is 0.313 e. The van der Waals surface area contributed by atoms with E-state index in [4.69, 9.17) is 4.74 Å². The van der Waals surface area contributed by atoms with Crippen LogP contribution in [0.4, 0.5) is 5.69 Å². The van der Waals surface area contributed by atoms with Crippen LogP contribution in [0.25, 0.3) is 0 Å². The molecule has 5 heteroatoms. The van der Waals surface area contributed by atoms with Gasteiger partial charge in [-0.15, -0.1) is 0 Å². The first-order chi connectivity index (χ1) is 11.1. The van der Waals surface area contributed by atoms with Gasteiger partial charge in [0, 0.05) is 11.7 Å². The number of nitrogens with one attached hydrogen (secondary N) is 2. The zero-order chi connectivity index (χ0) is 16.7. The van der Waals surface area contributed by atoms with Crippen molar-refractivity contribution in [2.75, 3.05) is 11.9 Å². The highest BCUT2D eigenvalue weighted by molar-refractivity contribution is 6.39. The Balaban J connectivity index is 1.85. The first-order valence-corrected chi connectivity index (χ1v) is 8.05. The number of carbonyl (C=O) groups excluding carboxylic acids is 2. The number of hydrogen-bond donors (Lipinski definition) is 2. The molecule has 1 fully saturated rings. The summed E-state index contributed by atoms with van der Waals surface area (Å²) >= 11 is 0. The van der Waals surface area contributed by atoms with E-state index in [0.29, 0.717) is 24.0 Å². The van der Waals surface area contributed by atoms with E-state index in [0.717, 1.165) is 19.3 Å². The van der Waals surface area contributed by atoms with E-state index in [9.17, 15) is 9.59 Å². The zero-order valence-electron chi connectivity index (χ0n) is 13.5. The van der Waals surface area contributed by atoms with Crippen molar-refractivity contribution in [3.8, 4) is 5.75 Å². The summed E-state index contributed by atoms with van der Waals surface area (Å²) in [5.41, 5.74) is 0.563. The minimum absolute atomic E-state index is 0.0941. The zero-order valence-corrected chi connectivity index (χ0v) is 13.5. The summed E-state index contributed by atoms with van der Waals surface area (Å²) in [6.45, 7) is 6.12. The van der Waals surface area contributed by atoms with E-state index in [1.807, 2.05) is 0 Å². The molecule has 2 N–H and O–H groups in total. The molecule has 0 aliphatic heterocycles. The van der Waals surface area contributed by atoms with Crippen LogP contribution in [-0.2, 0) is 9.59 Å². The number of ether oxygens (including phenoxy) is 1. The summed E-state index contributed by atoms with van der Waals surface area (Å²) in [4.78, 5) is 24.0. The molecule has 0 heterocycles. The monoisotopic (exact) mass is 316 g/mol. The predicted octanol–water partition coefficient (Wildman–Crippen LogP) is 2.88. The van der Waals surface area contributed by atoms with Gasteiger partial charge < -0.3 is 15.4 Å². The van der Waals surface area contributed by atoms with Crippen LogP contribution in [0.1, 0.15) is 32.6 Å². The lowest BCUT2D eigenvalue weighted by atomic mass is 9.86. The molecule has 2 rings (SSSR count). The molecule has 0 unspecified atom stereocenters. The average Bonchev–Trinajstić information content (AvgIpc) is 2.56. The third kappa shape index (κ3) is 5.13. The number of rotatable bonds is 5. The molecule has 1 saturated carbocycles. The van der Waals surface area contributed by atoms with Crippen molar-refractivity contribution in [2.24, 2.45) is 5.92 Å². The molecular formula is C18H24N2O3. The largest absolute Gasteiger partial charge is 0.490 e. The molecule has 1 aromatic carbocycles. The van der Waals surface area contributed by atoms with Crippen LogP contribution < -0.4 is 15.4 Å². The molecule has 5 nitrogen and oxygen atoms in total. The Morgan fingerprint density at radius 2 is 1.91 bits per heavy atom. The number of hydrogen-bond acceptors (Lipinski definition) is 3. The minimum Gasteiger partial charge on any atom is -0.490 e. The average molecular weight is 316 g/mol. The molecule has 0 aromatic heterocycles. The maximum atomic E-state index is 12.0. The molecule has 2 amide bonds. The van der Waals surface area contributed by atoms with E-state index >= 15 is 0 Å². The molecule has 0 radical (unpaired) electrons. The third-order valence-electron chi connectivity index (χ3n) is 4.11. The Kier molecular flexibility index (Phi) is 6.20. The Morgan fingerprint density at radius 1 is 1.22 bits per heavy atom. The van der Waals surface area contributed by atoms with Gasteiger partial charge in [-0.1, -0.05) is 32.4 Å². The summed E-state index contributed by atoms with van der Waals surface area (Å²) in [6.07, 6.45) is 5.99. The van der Waals surface area contributed by atoms with Crippen LogP contribution in [0.5, 0.6) is 5.75 Å². The fourth-order valence-corrected chi connectivity index (χ4v) is 2.74. The molecular weight excluding hydrogens is 292 g/mol. The lowest BCUT2D eigenvalue weighted by molar-refractivity contribution is -0.137. The van der Waals surface area contributed by atoms with Gasteiger partial charge in [0.25, 0.3) is 0 Å². The first-order valence-electron chi connectivity index (χ1n) is 8.05. The van der Waals surface area contributed by atoms with Gasteiger partial charge in [0.2, 0.25) is 0 Å².